The molecule has 0 aliphatic carbocycles. The average Bonchev–Trinajstić information content (AvgIpc) is 3.04. The second-order valence-corrected chi connectivity index (χ2v) is 8.53. The van der Waals surface area contributed by atoms with Gasteiger partial charge in [-0.3, -0.25) is 0 Å². The smallest absolute Gasteiger partial charge is 0.358 e. The van der Waals surface area contributed by atoms with E-state index < -0.39 is 0 Å². The van der Waals surface area contributed by atoms with Crippen LogP contribution in [-0.4, -0.2) is 17.5 Å². The van der Waals surface area contributed by atoms with Gasteiger partial charge in [0.15, 0.2) is 0 Å². The van der Waals surface area contributed by atoms with Crippen molar-refractivity contribution in [2.75, 3.05) is 9.62 Å². The van der Waals surface area contributed by atoms with Gasteiger partial charge < -0.3 is 9.62 Å². The van der Waals surface area contributed by atoms with E-state index in [0.717, 1.165) is 11.6 Å². The quantitative estimate of drug-likeness (QED) is 0.545. The van der Waals surface area contributed by atoms with Crippen molar-refractivity contribution in [1.29, 1.82) is 0 Å². The van der Waals surface area contributed by atoms with Gasteiger partial charge in [0.05, 0.1) is 0 Å². The monoisotopic (exact) mass is 526 g/mol. The normalized spacial score (nSPS) is 14.2. The first-order chi connectivity index (χ1) is 11.6. The summed E-state index contributed by atoms with van der Waals surface area (Å²) >= 11 is 0. The fourth-order valence-corrected chi connectivity index (χ4v) is 2.68. The van der Waals surface area contributed by atoms with E-state index in [1.165, 1.54) is 11.1 Å². The van der Waals surface area contributed by atoms with Crippen LogP contribution in [0, 0.1) is 0 Å². The molecule has 0 fully saturated rings. The Morgan fingerprint density at radius 1 is 0.731 bits per heavy atom. The maximum absolute atomic E-state index is 4.52. The predicted molar refractivity (Wildman–Crippen MR) is 106 cm³/mol. The molecule has 1 aliphatic rings. The minimum absolute atomic E-state index is 0. The Bertz CT molecular complexity index is 727. The van der Waals surface area contributed by atoms with Gasteiger partial charge in [0.2, 0.25) is 0 Å². The summed E-state index contributed by atoms with van der Waals surface area (Å²) in [5, 5.41) is 0. The number of hydrogen-bond donors (Lipinski definition) is 0. The molecule has 0 amide bonds. The number of pyridine rings is 2. The molecule has 0 saturated carbocycles. The van der Waals surface area contributed by atoms with E-state index in [4.69, 9.17) is 0 Å². The van der Waals surface area contributed by atoms with E-state index in [0.29, 0.717) is 0 Å². The molecule has 0 aromatic carbocycles. The molecule has 0 atom stereocenters. The Morgan fingerprint density at radius 3 is 1.46 bits per heavy atom. The van der Waals surface area contributed by atoms with Crippen LogP contribution in [0.5, 0.6) is 0 Å². The summed E-state index contributed by atoms with van der Waals surface area (Å²) in [6.07, 6.45) is 7.78. The Balaban J connectivity index is 0.00000243. The Labute approximate surface area is 171 Å². The molecule has 0 bridgehead atoms. The molecule has 3 heterocycles. The van der Waals surface area contributed by atoms with Gasteiger partial charge in [0, 0.05) is 44.9 Å². The van der Waals surface area contributed by atoms with Crippen LogP contribution in [0.25, 0.3) is 0 Å². The van der Waals surface area contributed by atoms with Gasteiger partial charge in [-0.1, -0.05) is 41.5 Å². The molecular weight excluding hydrogens is 499 g/mol. The zero-order valence-corrected chi connectivity index (χ0v) is 18.7. The molecule has 6 heteroatoms. The van der Waals surface area contributed by atoms with Crippen LogP contribution in [0.4, 0.5) is 11.6 Å². The SMILES string of the molecule is CC(C)(C)c1ccnc(N2[B]N(c3cc(C(C)(C)C)ccn3)C=C2)c1.[Ir]. The van der Waals surface area contributed by atoms with E-state index in [-0.39, 0.29) is 30.9 Å². The minimum Gasteiger partial charge on any atom is -0.358 e. The van der Waals surface area contributed by atoms with Crippen molar-refractivity contribution >= 4 is 19.2 Å². The fourth-order valence-electron chi connectivity index (χ4n) is 2.68. The van der Waals surface area contributed by atoms with Gasteiger partial charge in [-0.15, -0.1) is 0 Å². The number of nitrogens with zero attached hydrogens (tertiary/aromatic N) is 4. The molecule has 0 saturated heterocycles. The van der Waals surface area contributed by atoms with Gasteiger partial charge in [-0.05, 0) is 46.2 Å². The molecular formula is C20H26BIrN4. The summed E-state index contributed by atoms with van der Waals surface area (Å²) < 4.78 is 0. The Morgan fingerprint density at radius 2 is 1.12 bits per heavy atom. The van der Waals surface area contributed by atoms with Crippen LogP contribution in [0.1, 0.15) is 52.7 Å². The van der Waals surface area contributed by atoms with E-state index >= 15 is 0 Å². The largest absolute Gasteiger partial charge is 0.402 e. The van der Waals surface area contributed by atoms with Crippen molar-refractivity contribution in [2.45, 2.75) is 52.4 Å². The van der Waals surface area contributed by atoms with Crippen LogP contribution < -0.4 is 9.62 Å². The summed E-state index contributed by atoms with van der Waals surface area (Å²) in [4.78, 5) is 13.1. The third-order valence-corrected chi connectivity index (χ3v) is 4.39. The summed E-state index contributed by atoms with van der Waals surface area (Å²) in [5.74, 6) is 1.83. The van der Waals surface area contributed by atoms with Gasteiger partial charge in [0.25, 0.3) is 0 Å². The molecule has 138 valence electrons. The molecule has 0 unspecified atom stereocenters. The molecule has 26 heavy (non-hydrogen) atoms. The average molecular weight is 525 g/mol. The number of anilines is 2. The molecule has 2 radical (unpaired) electrons. The van der Waals surface area contributed by atoms with Crippen molar-refractivity contribution in [3.8, 4) is 0 Å². The van der Waals surface area contributed by atoms with Crippen LogP contribution in [0.3, 0.4) is 0 Å². The van der Waals surface area contributed by atoms with Crippen molar-refractivity contribution in [3.63, 3.8) is 0 Å². The van der Waals surface area contributed by atoms with E-state index in [1.54, 1.807) is 0 Å². The molecule has 2 aromatic rings. The van der Waals surface area contributed by atoms with E-state index in [9.17, 15) is 0 Å². The zero-order chi connectivity index (χ0) is 18.2. The molecule has 3 rings (SSSR count). The van der Waals surface area contributed by atoms with Gasteiger partial charge in [-0.25, -0.2) is 9.97 Å². The van der Waals surface area contributed by atoms with Gasteiger partial charge in [-0.2, -0.15) is 0 Å². The first-order valence-electron chi connectivity index (χ1n) is 8.68. The second kappa shape index (κ2) is 7.54. The van der Waals surface area contributed by atoms with Crippen LogP contribution in [0.15, 0.2) is 49.1 Å². The predicted octanol–water partition coefficient (Wildman–Crippen LogP) is 4.40. The van der Waals surface area contributed by atoms with Crippen LogP contribution in [0.2, 0.25) is 0 Å². The summed E-state index contributed by atoms with van der Waals surface area (Å²) in [7, 11) is 2.02. The minimum atomic E-state index is 0. The summed E-state index contributed by atoms with van der Waals surface area (Å²) in [6, 6.07) is 8.44. The standard InChI is InChI=1S/C20H26BN4.Ir/c1-19(2,3)15-7-9-22-17(13-15)24-11-12-25(21-24)18-14-16(8-10-23-18)20(4,5)6;/h7-14H,1-6H3;. The molecule has 1 aliphatic heterocycles. The number of rotatable bonds is 2. The third-order valence-electron chi connectivity index (χ3n) is 4.39. The summed E-state index contributed by atoms with van der Waals surface area (Å²) in [6.45, 7) is 13.3. The van der Waals surface area contributed by atoms with Crippen LogP contribution in [-0.2, 0) is 30.9 Å². The van der Waals surface area contributed by atoms with E-state index in [1.807, 2.05) is 42.0 Å². The van der Waals surface area contributed by atoms with E-state index in [2.05, 4.69) is 75.8 Å². The molecule has 0 spiro atoms. The Kier molecular flexibility index (Phi) is 5.99. The first kappa shape index (κ1) is 20.7. The molecule has 4 nitrogen and oxygen atoms in total. The van der Waals surface area contributed by atoms with Crippen molar-refractivity contribution in [2.24, 2.45) is 0 Å². The topological polar surface area (TPSA) is 32.3 Å². The second-order valence-electron chi connectivity index (χ2n) is 8.53. The number of aromatic nitrogens is 2. The third kappa shape index (κ3) is 4.55. The molecule has 2 aromatic heterocycles. The van der Waals surface area contributed by atoms with Crippen molar-refractivity contribution < 1.29 is 20.1 Å². The summed E-state index contributed by atoms with van der Waals surface area (Å²) in [5.41, 5.74) is 2.74. The molecule has 0 N–H and O–H groups in total. The van der Waals surface area contributed by atoms with Gasteiger partial charge in [0.1, 0.15) is 11.6 Å². The first-order valence-corrected chi connectivity index (χ1v) is 8.68. The zero-order valence-electron chi connectivity index (χ0n) is 16.3. The van der Waals surface area contributed by atoms with Crippen molar-refractivity contribution in [3.05, 3.63) is 60.2 Å². The fraction of sp³-hybridized carbons (Fsp3) is 0.400. The maximum atomic E-state index is 4.52. The van der Waals surface area contributed by atoms with Crippen molar-refractivity contribution in [1.82, 2.24) is 9.97 Å². The van der Waals surface area contributed by atoms with Crippen LogP contribution >= 0.6 is 0 Å². The Hall–Kier alpha value is -1.65. The maximum Gasteiger partial charge on any atom is 0.402 e. The van der Waals surface area contributed by atoms with Gasteiger partial charge >= 0.3 is 7.55 Å². The number of hydrogen-bond acceptors (Lipinski definition) is 4.